The molecule has 0 saturated heterocycles. The summed E-state index contributed by atoms with van der Waals surface area (Å²) in [6, 6.07) is 13.5. The molecular weight excluding hydrogens is 362 g/mol. The number of nitrogens with one attached hydrogen (secondary N) is 2. The van der Waals surface area contributed by atoms with E-state index in [1.54, 1.807) is 48.5 Å². The van der Waals surface area contributed by atoms with Crippen LogP contribution >= 0.6 is 12.2 Å². The Labute approximate surface area is 164 Å². The van der Waals surface area contributed by atoms with Crippen molar-refractivity contribution >= 4 is 34.8 Å². The molecule has 2 aromatic carbocycles. The van der Waals surface area contributed by atoms with Gasteiger partial charge in [-0.1, -0.05) is 26.0 Å². The highest BCUT2D eigenvalue weighted by atomic mass is 32.1. The molecule has 6 nitrogen and oxygen atoms in total. The number of hydrogen-bond acceptors (Lipinski definition) is 4. The maximum Gasteiger partial charge on any atom is 0.257 e. The molecule has 0 aliphatic heterocycles. The predicted octanol–water partition coefficient (Wildman–Crippen LogP) is 3.34. The standard InChI is InChI=1S/C20H23N3O3S/c1-13(2)11-12-26-15-9-7-14(8-10-15)19(25)23-20(27)22-17-6-4-3-5-16(17)18(21)24/h3-10,13H,11-12H2,1-2H3,(H2,21,24)(H2,22,23,25,27). The second-order valence-electron chi connectivity index (χ2n) is 6.37. The number of hydrogen-bond donors (Lipinski definition) is 3. The lowest BCUT2D eigenvalue weighted by molar-refractivity contribution is 0.0975. The lowest BCUT2D eigenvalue weighted by Gasteiger charge is -2.12. The third-order valence-corrected chi connectivity index (χ3v) is 3.95. The molecule has 0 radical (unpaired) electrons. The molecular formula is C20H23N3O3S. The minimum absolute atomic E-state index is 0.0750. The largest absolute Gasteiger partial charge is 0.494 e. The summed E-state index contributed by atoms with van der Waals surface area (Å²) in [6.07, 6.45) is 0.967. The van der Waals surface area contributed by atoms with Crippen LogP contribution in [0.1, 0.15) is 41.0 Å². The number of benzene rings is 2. The first kappa shape index (κ1) is 20.4. The lowest BCUT2D eigenvalue weighted by Crippen LogP contribution is -2.34. The van der Waals surface area contributed by atoms with Crippen LogP contribution in [0.25, 0.3) is 0 Å². The van der Waals surface area contributed by atoms with Crippen molar-refractivity contribution in [2.24, 2.45) is 11.7 Å². The number of anilines is 1. The van der Waals surface area contributed by atoms with Crippen LogP contribution in [0.15, 0.2) is 48.5 Å². The number of primary amides is 1. The van der Waals surface area contributed by atoms with Gasteiger partial charge in [0, 0.05) is 5.56 Å². The predicted molar refractivity (Wildman–Crippen MR) is 110 cm³/mol. The maximum absolute atomic E-state index is 12.3. The fraction of sp³-hybridized carbons (Fsp3) is 0.250. The van der Waals surface area contributed by atoms with Crippen molar-refractivity contribution in [2.45, 2.75) is 20.3 Å². The summed E-state index contributed by atoms with van der Waals surface area (Å²) in [5.41, 5.74) is 6.49. The van der Waals surface area contributed by atoms with Gasteiger partial charge in [0.1, 0.15) is 5.75 Å². The van der Waals surface area contributed by atoms with Crippen molar-refractivity contribution < 1.29 is 14.3 Å². The summed E-state index contributed by atoms with van der Waals surface area (Å²) in [6.45, 7) is 4.90. The van der Waals surface area contributed by atoms with Crippen LogP contribution in [0.4, 0.5) is 5.69 Å². The first-order chi connectivity index (χ1) is 12.9. The van der Waals surface area contributed by atoms with Crippen molar-refractivity contribution in [2.75, 3.05) is 11.9 Å². The maximum atomic E-state index is 12.3. The van der Waals surface area contributed by atoms with E-state index in [-0.39, 0.29) is 16.6 Å². The topological polar surface area (TPSA) is 93.4 Å². The zero-order valence-corrected chi connectivity index (χ0v) is 16.1. The van der Waals surface area contributed by atoms with Crippen LogP contribution in [0.5, 0.6) is 5.75 Å². The Morgan fingerprint density at radius 2 is 1.78 bits per heavy atom. The summed E-state index contributed by atoms with van der Waals surface area (Å²) in [5, 5.41) is 5.47. The zero-order chi connectivity index (χ0) is 19.8. The van der Waals surface area contributed by atoms with E-state index in [0.717, 1.165) is 6.42 Å². The average Bonchev–Trinajstić information content (AvgIpc) is 2.62. The molecule has 0 spiro atoms. The van der Waals surface area contributed by atoms with Gasteiger partial charge in [-0.25, -0.2) is 0 Å². The molecule has 0 bridgehead atoms. The molecule has 2 aromatic rings. The van der Waals surface area contributed by atoms with Crippen LogP contribution in [0.2, 0.25) is 0 Å². The number of para-hydroxylation sites is 1. The number of amides is 2. The van der Waals surface area contributed by atoms with Crippen molar-refractivity contribution in [3.8, 4) is 5.75 Å². The molecule has 2 rings (SSSR count). The summed E-state index contributed by atoms with van der Waals surface area (Å²) >= 11 is 5.15. The second kappa shape index (κ2) is 9.68. The summed E-state index contributed by atoms with van der Waals surface area (Å²) in [7, 11) is 0. The van der Waals surface area contributed by atoms with Crippen molar-refractivity contribution in [3.05, 3.63) is 59.7 Å². The minimum atomic E-state index is -0.583. The molecule has 0 aliphatic carbocycles. The first-order valence-electron chi connectivity index (χ1n) is 8.61. The Morgan fingerprint density at radius 1 is 1.11 bits per heavy atom. The van der Waals surface area contributed by atoms with Crippen LogP contribution in [-0.4, -0.2) is 23.5 Å². The molecule has 27 heavy (non-hydrogen) atoms. The highest BCUT2D eigenvalue weighted by Gasteiger charge is 2.11. The molecule has 0 unspecified atom stereocenters. The van der Waals surface area contributed by atoms with Gasteiger partial charge in [0.05, 0.1) is 17.9 Å². The van der Waals surface area contributed by atoms with E-state index in [1.807, 2.05) is 0 Å². The van der Waals surface area contributed by atoms with Crippen LogP contribution in [0.3, 0.4) is 0 Å². The minimum Gasteiger partial charge on any atom is -0.494 e. The quantitative estimate of drug-likeness (QED) is 0.636. The van der Waals surface area contributed by atoms with Crippen LogP contribution < -0.4 is 21.1 Å². The Balaban J connectivity index is 1.93. The molecule has 7 heteroatoms. The molecule has 142 valence electrons. The van der Waals surface area contributed by atoms with E-state index in [9.17, 15) is 9.59 Å². The second-order valence-corrected chi connectivity index (χ2v) is 6.78. The molecule has 0 saturated carbocycles. The van der Waals surface area contributed by atoms with Gasteiger partial charge in [-0.15, -0.1) is 0 Å². The zero-order valence-electron chi connectivity index (χ0n) is 15.3. The number of rotatable bonds is 7. The molecule has 0 heterocycles. The van der Waals surface area contributed by atoms with E-state index in [4.69, 9.17) is 22.7 Å². The van der Waals surface area contributed by atoms with Gasteiger partial charge in [0.25, 0.3) is 11.8 Å². The van der Waals surface area contributed by atoms with E-state index < -0.39 is 5.91 Å². The average molecular weight is 385 g/mol. The smallest absolute Gasteiger partial charge is 0.257 e. The van der Waals surface area contributed by atoms with Gasteiger partial charge in [0.2, 0.25) is 0 Å². The SMILES string of the molecule is CC(C)CCOc1ccc(C(=O)NC(=S)Nc2ccccc2C(N)=O)cc1. The van der Waals surface area contributed by atoms with E-state index in [2.05, 4.69) is 24.5 Å². The third-order valence-electron chi connectivity index (χ3n) is 3.75. The van der Waals surface area contributed by atoms with Gasteiger partial charge < -0.3 is 15.8 Å². The van der Waals surface area contributed by atoms with E-state index in [1.165, 1.54) is 0 Å². The normalized spacial score (nSPS) is 10.3. The fourth-order valence-corrected chi connectivity index (χ4v) is 2.45. The number of ether oxygens (including phenoxy) is 1. The molecule has 2 amide bonds. The Morgan fingerprint density at radius 3 is 2.41 bits per heavy atom. The highest BCUT2D eigenvalue weighted by molar-refractivity contribution is 7.80. The fourth-order valence-electron chi connectivity index (χ4n) is 2.25. The highest BCUT2D eigenvalue weighted by Crippen LogP contribution is 2.15. The Kier molecular flexibility index (Phi) is 7.31. The summed E-state index contributed by atoms with van der Waals surface area (Å²) in [4.78, 5) is 23.7. The van der Waals surface area contributed by atoms with Crippen molar-refractivity contribution in [3.63, 3.8) is 0 Å². The van der Waals surface area contributed by atoms with Gasteiger partial charge in [0.15, 0.2) is 5.11 Å². The third kappa shape index (κ3) is 6.38. The molecule has 0 fully saturated rings. The van der Waals surface area contributed by atoms with Gasteiger partial charge in [-0.3, -0.25) is 14.9 Å². The summed E-state index contributed by atoms with van der Waals surface area (Å²) < 4.78 is 5.63. The van der Waals surface area contributed by atoms with E-state index in [0.29, 0.717) is 29.5 Å². The van der Waals surface area contributed by atoms with E-state index >= 15 is 0 Å². The molecule has 4 N–H and O–H groups in total. The van der Waals surface area contributed by atoms with Gasteiger partial charge in [-0.05, 0) is 61.0 Å². The number of nitrogens with two attached hydrogens (primary N) is 1. The van der Waals surface area contributed by atoms with Crippen molar-refractivity contribution in [1.29, 1.82) is 0 Å². The number of thiocarbonyl (C=S) groups is 1. The lowest BCUT2D eigenvalue weighted by atomic mass is 10.1. The Bertz CT molecular complexity index is 819. The van der Waals surface area contributed by atoms with Gasteiger partial charge in [-0.2, -0.15) is 0 Å². The monoisotopic (exact) mass is 385 g/mol. The number of carbonyl (C=O) groups is 2. The van der Waals surface area contributed by atoms with Gasteiger partial charge >= 0.3 is 0 Å². The van der Waals surface area contributed by atoms with Crippen LogP contribution in [-0.2, 0) is 0 Å². The number of carbonyl (C=O) groups excluding carboxylic acids is 2. The van der Waals surface area contributed by atoms with Crippen LogP contribution in [0, 0.1) is 5.92 Å². The molecule has 0 aromatic heterocycles. The Hall–Kier alpha value is -2.93. The first-order valence-corrected chi connectivity index (χ1v) is 9.01. The summed E-state index contributed by atoms with van der Waals surface area (Å²) in [5.74, 6) is 0.338. The van der Waals surface area contributed by atoms with Crippen molar-refractivity contribution in [1.82, 2.24) is 5.32 Å². The molecule has 0 atom stereocenters. The molecule has 0 aliphatic rings.